The third-order valence-corrected chi connectivity index (χ3v) is 1.65. The molecule has 0 amide bonds. The molecular formula is C6H12ClF2NO. The fourth-order valence-electron chi connectivity index (χ4n) is 1.37. The fraction of sp³-hybridized carbons (Fsp3) is 1.00. The quantitative estimate of drug-likeness (QED) is 0.705. The van der Waals surface area contributed by atoms with Gasteiger partial charge in [0.25, 0.3) is 5.92 Å². The Morgan fingerprint density at radius 2 is 1.91 bits per heavy atom. The molecule has 68 valence electrons. The van der Waals surface area contributed by atoms with Crippen LogP contribution in [0.2, 0.25) is 0 Å². The lowest BCUT2D eigenvalue weighted by molar-refractivity contribution is -0.137. The van der Waals surface area contributed by atoms with E-state index in [-0.39, 0.29) is 31.9 Å². The highest BCUT2D eigenvalue weighted by atomic mass is 35.5. The van der Waals surface area contributed by atoms with Crippen LogP contribution in [0.3, 0.4) is 0 Å². The third-order valence-electron chi connectivity index (χ3n) is 1.65. The predicted molar refractivity (Wildman–Crippen MR) is 40.2 cm³/mol. The molecule has 0 atom stereocenters. The summed E-state index contributed by atoms with van der Waals surface area (Å²) in [5.74, 6) is -2.55. The van der Waals surface area contributed by atoms with E-state index in [1.165, 1.54) is 7.11 Å². The number of rotatable bonds is 2. The van der Waals surface area contributed by atoms with E-state index in [9.17, 15) is 8.78 Å². The van der Waals surface area contributed by atoms with E-state index in [4.69, 9.17) is 5.73 Å². The standard InChI is InChI=1S/C6H11F2NO.ClH/c1-10-4-5(9)2-6(7,8)3-5;/h2-4,9H2,1H3;1H. The van der Waals surface area contributed by atoms with E-state index in [2.05, 4.69) is 4.74 Å². The zero-order valence-corrected chi connectivity index (χ0v) is 7.09. The lowest BCUT2D eigenvalue weighted by atomic mass is 9.75. The van der Waals surface area contributed by atoms with Crippen molar-refractivity contribution in [2.45, 2.75) is 24.3 Å². The summed E-state index contributed by atoms with van der Waals surface area (Å²) >= 11 is 0. The van der Waals surface area contributed by atoms with Crippen LogP contribution in [-0.2, 0) is 4.74 Å². The first-order chi connectivity index (χ1) is 4.47. The summed E-state index contributed by atoms with van der Waals surface area (Å²) in [5.41, 5.74) is 4.72. The second-order valence-electron chi connectivity index (χ2n) is 3.00. The molecule has 0 aromatic carbocycles. The lowest BCUT2D eigenvalue weighted by Gasteiger charge is -2.43. The summed E-state index contributed by atoms with van der Waals surface area (Å²) in [6.07, 6.45) is -0.484. The maximum absolute atomic E-state index is 12.2. The van der Waals surface area contributed by atoms with Crippen molar-refractivity contribution in [2.24, 2.45) is 5.73 Å². The minimum atomic E-state index is -2.55. The molecule has 1 saturated carbocycles. The normalized spacial score (nSPS) is 25.1. The zero-order valence-electron chi connectivity index (χ0n) is 6.27. The molecule has 0 spiro atoms. The molecule has 5 heteroatoms. The van der Waals surface area contributed by atoms with Gasteiger partial charge in [-0.05, 0) is 0 Å². The zero-order chi connectivity index (χ0) is 7.83. The Balaban J connectivity index is 0.000001000. The summed E-state index contributed by atoms with van der Waals surface area (Å²) in [5, 5.41) is 0. The molecule has 1 aliphatic rings. The topological polar surface area (TPSA) is 35.2 Å². The van der Waals surface area contributed by atoms with Crippen LogP contribution in [0.5, 0.6) is 0 Å². The van der Waals surface area contributed by atoms with Crippen LogP contribution in [0.1, 0.15) is 12.8 Å². The van der Waals surface area contributed by atoms with Gasteiger partial charge in [0.05, 0.1) is 12.1 Å². The van der Waals surface area contributed by atoms with E-state index < -0.39 is 11.5 Å². The number of nitrogens with two attached hydrogens (primary N) is 1. The Hall–Kier alpha value is 0.0700. The van der Waals surface area contributed by atoms with Crippen molar-refractivity contribution in [3.05, 3.63) is 0 Å². The molecule has 1 rings (SSSR count). The van der Waals surface area contributed by atoms with E-state index in [0.717, 1.165) is 0 Å². The summed E-state index contributed by atoms with van der Waals surface area (Å²) in [6, 6.07) is 0. The van der Waals surface area contributed by atoms with Crippen molar-refractivity contribution in [1.82, 2.24) is 0 Å². The van der Waals surface area contributed by atoms with Gasteiger partial charge in [-0.3, -0.25) is 0 Å². The smallest absolute Gasteiger partial charge is 0.251 e. The first-order valence-electron chi connectivity index (χ1n) is 3.13. The SMILES string of the molecule is COCC1(N)CC(F)(F)C1.Cl. The Bertz CT molecular complexity index is 135. The predicted octanol–water partition coefficient (Wildman–Crippen LogP) is 1.18. The molecule has 0 heterocycles. The van der Waals surface area contributed by atoms with Crippen molar-refractivity contribution in [3.8, 4) is 0 Å². The highest BCUT2D eigenvalue weighted by molar-refractivity contribution is 5.85. The van der Waals surface area contributed by atoms with Gasteiger partial charge in [0.1, 0.15) is 0 Å². The molecule has 2 nitrogen and oxygen atoms in total. The van der Waals surface area contributed by atoms with Gasteiger partial charge in [-0.1, -0.05) is 0 Å². The van der Waals surface area contributed by atoms with Crippen LogP contribution < -0.4 is 5.73 Å². The van der Waals surface area contributed by atoms with Crippen molar-refractivity contribution in [3.63, 3.8) is 0 Å². The van der Waals surface area contributed by atoms with Gasteiger partial charge >= 0.3 is 0 Å². The van der Waals surface area contributed by atoms with Gasteiger partial charge in [-0.2, -0.15) is 0 Å². The van der Waals surface area contributed by atoms with E-state index >= 15 is 0 Å². The number of methoxy groups -OCH3 is 1. The van der Waals surface area contributed by atoms with E-state index in [0.29, 0.717) is 0 Å². The molecular weight excluding hydrogens is 176 g/mol. The molecule has 0 radical (unpaired) electrons. The van der Waals surface area contributed by atoms with E-state index in [1.54, 1.807) is 0 Å². The Morgan fingerprint density at radius 1 is 1.45 bits per heavy atom. The molecule has 11 heavy (non-hydrogen) atoms. The van der Waals surface area contributed by atoms with Gasteiger partial charge in [-0.25, -0.2) is 8.78 Å². The maximum atomic E-state index is 12.2. The van der Waals surface area contributed by atoms with Crippen molar-refractivity contribution < 1.29 is 13.5 Å². The number of ether oxygens (including phenoxy) is 1. The van der Waals surface area contributed by atoms with E-state index in [1.807, 2.05) is 0 Å². The average molecular weight is 188 g/mol. The van der Waals surface area contributed by atoms with Gasteiger partial charge in [-0.15, -0.1) is 12.4 Å². The molecule has 1 aliphatic carbocycles. The fourth-order valence-corrected chi connectivity index (χ4v) is 1.37. The van der Waals surface area contributed by atoms with Crippen molar-refractivity contribution in [1.29, 1.82) is 0 Å². The molecule has 2 N–H and O–H groups in total. The molecule has 0 bridgehead atoms. The highest BCUT2D eigenvalue weighted by Gasteiger charge is 2.54. The van der Waals surface area contributed by atoms with Crippen molar-refractivity contribution in [2.75, 3.05) is 13.7 Å². The highest BCUT2D eigenvalue weighted by Crippen LogP contribution is 2.43. The van der Waals surface area contributed by atoms with Crippen molar-refractivity contribution >= 4 is 12.4 Å². The van der Waals surface area contributed by atoms with Crippen LogP contribution >= 0.6 is 12.4 Å². The van der Waals surface area contributed by atoms with Gasteiger partial charge < -0.3 is 10.5 Å². The average Bonchev–Trinajstić information content (AvgIpc) is 1.58. The summed E-state index contributed by atoms with van der Waals surface area (Å²) < 4.78 is 29.1. The number of hydrogen-bond acceptors (Lipinski definition) is 2. The molecule has 1 fully saturated rings. The Kier molecular flexibility index (Phi) is 3.23. The van der Waals surface area contributed by atoms with Gasteiger partial charge in [0.15, 0.2) is 0 Å². The second-order valence-corrected chi connectivity index (χ2v) is 3.00. The van der Waals surface area contributed by atoms with Crippen LogP contribution in [-0.4, -0.2) is 25.2 Å². The second kappa shape index (κ2) is 3.21. The summed E-state index contributed by atoms with van der Waals surface area (Å²) in [4.78, 5) is 0. The maximum Gasteiger partial charge on any atom is 0.251 e. The molecule has 0 aliphatic heterocycles. The van der Waals surface area contributed by atoms with Crippen LogP contribution in [0.25, 0.3) is 0 Å². The number of hydrogen-bond donors (Lipinski definition) is 1. The lowest BCUT2D eigenvalue weighted by Crippen LogP contribution is -2.60. The monoisotopic (exact) mass is 187 g/mol. The van der Waals surface area contributed by atoms with Crippen LogP contribution in [0.15, 0.2) is 0 Å². The summed E-state index contributed by atoms with van der Waals surface area (Å²) in [7, 11) is 1.46. The molecule has 0 aromatic rings. The summed E-state index contributed by atoms with van der Waals surface area (Å²) in [6.45, 7) is 0.225. The molecule has 0 unspecified atom stereocenters. The van der Waals surface area contributed by atoms with Crippen LogP contribution in [0.4, 0.5) is 8.78 Å². The first kappa shape index (κ1) is 11.1. The Morgan fingerprint density at radius 3 is 2.18 bits per heavy atom. The molecule has 0 aromatic heterocycles. The minimum Gasteiger partial charge on any atom is -0.383 e. The number of halogens is 3. The van der Waals surface area contributed by atoms with Crippen LogP contribution in [0, 0.1) is 0 Å². The number of alkyl halides is 2. The Labute approximate surface area is 70.5 Å². The first-order valence-corrected chi connectivity index (χ1v) is 3.13. The molecule has 0 saturated heterocycles. The minimum absolute atomic E-state index is 0. The largest absolute Gasteiger partial charge is 0.383 e. The van der Waals surface area contributed by atoms with Gasteiger partial charge in [0, 0.05) is 20.0 Å². The third kappa shape index (κ3) is 2.54. The van der Waals surface area contributed by atoms with Gasteiger partial charge in [0.2, 0.25) is 0 Å².